The summed E-state index contributed by atoms with van der Waals surface area (Å²) in [6.07, 6.45) is 4.72. The molecule has 0 radical (unpaired) electrons. The Labute approximate surface area is 150 Å². The molecule has 0 saturated carbocycles. The molecule has 1 saturated heterocycles. The van der Waals surface area contributed by atoms with Gasteiger partial charge in [-0.1, -0.05) is 12.1 Å². The van der Waals surface area contributed by atoms with Gasteiger partial charge in [0.25, 0.3) is 0 Å². The number of carbonyl (C=O) groups is 1. The van der Waals surface area contributed by atoms with E-state index in [-0.39, 0.29) is 11.7 Å². The van der Waals surface area contributed by atoms with Crippen LogP contribution in [0.5, 0.6) is 0 Å². The van der Waals surface area contributed by atoms with Gasteiger partial charge in [0.15, 0.2) is 5.65 Å². The maximum absolute atomic E-state index is 13.0. The summed E-state index contributed by atoms with van der Waals surface area (Å²) < 4.78 is 14.8. The molecule has 2 aromatic heterocycles. The summed E-state index contributed by atoms with van der Waals surface area (Å²) in [5.41, 5.74) is 1.65. The molecule has 0 unspecified atom stereocenters. The normalized spacial score (nSPS) is 15.3. The van der Waals surface area contributed by atoms with Crippen molar-refractivity contribution in [2.24, 2.45) is 0 Å². The van der Waals surface area contributed by atoms with E-state index >= 15 is 0 Å². The first-order chi connectivity index (χ1) is 12.7. The Hall–Kier alpha value is -2.96. The average Bonchev–Trinajstić information content (AvgIpc) is 3.00. The molecular weight excluding hydrogens is 333 g/mol. The predicted molar refractivity (Wildman–Crippen MR) is 96.5 cm³/mol. The van der Waals surface area contributed by atoms with Gasteiger partial charge in [-0.3, -0.25) is 4.79 Å². The first-order valence-electron chi connectivity index (χ1n) is 8.76. The van der Waals surface area contributed by atoms with Crippen molar-refractivity contribution in [2.45, 2.75) is 12.8 Å². The van der Waals surface area contributed by atoms with Crippen molar-refractivity contribution in [1.82, 2.24) is 19.5 Å². The fourth-order valence-electron chi connectivity index (χ4n) is 3.35. The van der Waals surface area contributed by atoms with Crippen LogP contribution in [-0.2, 0) is 11.2 Å². The van der Waals surface area contributed by atoms with Gasteiger partial charge in [0.1, 0.15) is 11.6 Å². The van der Waals surface area contributed by atoms with Gasteiger partial charge in [0.05, 0.1) is 12.6 Å². The van der Waals surface area contributed by atoms with Crippen molar-refractivity contribution in [3.63, 3.8) is 0 Å². The van der Waals surface area contributed by atoms with Crippen LogP contribution in [-0.4, -0.2) is 51.6 Å². The highest BCUT2D eigenvalue weighted by atomic mass is 19.1. The highest BCUT2D eigenvalue weighted by Gasteiger charge is 2.21. The first kappa shape index (κ1) is 16.5. The second-order valence-electron chi connectivity index (χ2n) is 6.43. The van der Waals surface area contributed by atoms with Crippen LogP contribution >= 0.6 is 0 Å². The third-order valence-electron chi connectivity index (χ3n) is 4.71. The molecule has 4 rings (SSSR count). The number of carbonyl (C=O) groups excluding carboxylic acids is 1. The van der Waals surface area contributed by atoms with Gasteiger partial charge in [-0.05, 0) is 30.2 Å². The number of aromatic nitrogens is 3. The van der Waals surface area contributed by atoms with Crippen molar-refractivity contribution >= 4 is 17.4 Å². The number of amides is 1. The Bertz CT molecular complexity index is 908. The Morgan fingerprint density at radius 2 is 1.85 bits per heavy atom. The van der Waals surface area contributed by atoms with E-state index < -0.39 is 0 Å². The quantitative estimate of drug-likeness (QED) is 0.724. The lowest BCUT2D eigenvalue weighted by atomic mass is 10.1. The van der Waals surface area contributed by atoms with E-state index in [1.807, 2.05) is 21.5 Å². The zero-order valence-electron chi connectivity index (χ0n) is 14.4. The topological polar surface area (TPSA) is 53.7 Å². The van der Waals surface area contributed by atoms with Crippen LogP contribution in [0.1, 0.15) is 12.0 Å². The minimum Gasteiger partial charge on any atom is -0.355 e. The fraction of sp³-hybridized carbons (Fsp3) is 0.316. The lowest BCUT2D eigenvalue weighted by Crippen LogP contribution is -2.36. The van der Waals surface area contributed by atoms with E-state index in [0.29, 0.717) is 13.0 Å². The number of nitrogens with zero attached hydrogens (tertiary/aromatic N) is 5. The van der Waals surface area contributed by atoms with Crippen molar-refractivity contribution in [2.75, 3.05) is 31.1 Å². The third kappa shape index (κ3) is 3.37. The average molecular weight is 353 g/mol. The maximum Gasteiger partial charge on any atom is 0.227 e. The number of anilines is 1. The zero-order valence-corrected chi connectivity index (χ0v) is 14.4. The second kappa shape index (κ2) is 7.11. The molecule has 26 heavy (non-hydrogen) atoms. The number of benzene rings is 1. The number of hydrogen-bond acceptors (Lipinski definition) is 4. The zero-order chi connectivity index (χ0) is 17.9. The molecule has 1 aliphatic heterocycles. The Morgan fingerprint density at radius 1 is 1.00 bits per heavy atom. The van der Waals surface area contributed by atoms with Crippen LogP contribution in [0.15, 0.2) is 48.8 Å². The van der Waals surface area contributed by atoms with Gasteiger partial charge in [-0.15, -0.1) is 0 Å². The molecule has 0 atom stereocenters. The van der Waals surface area contributed by atoms with Crippen molar-refractivity contribution in [1.29, 1.82) is 0 Å². The summed E-state index contributed by atoms with van der Waals surface area (Å²) in [4.78, 5) is 21.0. The number of hydrogen-bond donors (Lipinski definition) is 0. The molecule has 0 aliphatic carbocycles. The first-order valence-corrected chi connectivity index (χ1v) is 8.76. The summed E-state index contributed by atoms with van der Waals surface area (Å²) in [5.74, 6) is 0.791. The lowest BCUT2D eigenvalue weighted by molar-refractivity contribution is -0.130. The Balaban J connectivity index is 1.44. The maximum atomic E-state index is 13.0. The molecule has 0 spiro atoms. The molecule has 134 valence electrons. The van der Waals surface area contributed by atoms with E-state index in [4.69, 9.17) is 0 Å². The van der Waals surface area contributed by atoms with Crippen LogP contribution < -0.4 is 4.90 Å². The van der Waals surface area contributed by atoms with Gasteiger partial charge in [0.2, 0.25) is 5.91 Å². The van der Waals surface area contributed by atoms with Gasteiger partial charge in [0, 0.05) is 38.4 Å². The van der Waals surface area contributed by atoms with Crippen LogP contribution in [0.2, 0.25) is 0 Å². The molecule has 6 nitrogen and oxygen atoms in total. The van der Waals surface area contributed by atoms with E-state index in [2.05, 4.69) is 15.0 Å². The molecule has 1 aromatic carbocycles. The molecule has 3 aromatic rings. The molecule has 0 N–H and O–H groups in total. The summed E-state index contributed by atoms with van der Waals surface area (Å²) in [5, 5.41) is 4.34. The Morgan fingerprint density at radius 3 is 2.69 bits per heavy atom. The number of fused-ring (bicyclic) bond motifs is 1. The van der Waals surface area contributed by atoms with Crippen LogP contribution in [0.25, 0.3) is 5.65 Å². The van der Waals surface area contributed by atoms with Crippen molar-refractivity contribution < 1.29 is 9.18 Å². The molecular formula is C19H20FN5O. The minimum absolute atomic E-state index is 0.0809. The molecule has 7 heteroatoms. The van der Waals surface area contributed by atoms with Gasteiger partial charge in [-0.25, -0.2) is 9.37 Å². The standard InChI is InChI=1S/C19H20FN5O/c20-16-4-2-15(3-5-16)14-19(26)24-11-1-10-23(12-13-24)18-7-8-21-17-6-9-22-25(17)18/h2-9H,1,10-14H2. The smallest absolute Gasteiger partial charge is 0.227 e. The SMILES string of the molecule is O=C(Cc1ccc(F)cc1)N1CCCN(c2ccnc3ccnn23)CC1. The largest absolute Gasteiger partial charge is 0.355 e. The third-order valence-corrected chi connectivity index (χ3v) is 4.71. The highest BCUT2D eigenvalue weighted by molar-refractivity contribution is 5.78. The molecule has 0 bridgehead atoms. The monoisotopic (exact) mass is 353 g/mol. The van der Waals surface area contributed by atoms with E-state index in [1.54, 1.807) is 24.5 Å². The predicted octanol–water partition coefficient (Wildman–Crippen LogP) is 2.15. The van der Waals surface area contributed by atoms with Crippen molar-refractivity contribution in [3.8, 4) is 0 Å². The van der Waals surface area contributed by atoms with Gasteiger partial charge in [-0.2, -0.15) is 9.61 Å². The highest BCUT2D eigenvalue weighted by Crippen LogP contribution is 2.17. The fourth-order valence-corrected chi connectivity index (χ4v) is 3.35. The van der Waals surface area contributed by atoms with Crippen LogP contribution in [0, 0.1) is 5.82 Å². The summed E-state index contributed by atoms with van der Waals surface area (Å²) in [6, 6.07) is 9.96. The van der Waals surface area contributed by atoms with Gasteiger partial charge >= 0.3 is 0 Å². The van der Waals surface area contributed by atoms with Crippen LogP contribution in [0.3, 0.4) is 0 Å². The lowest BCUT2D eigenvalue weighted by Gasteiger charge is -2.24. The van der Waals surface area contributed by atoms with E-state index in [1.165, 1.54) is 12.1 Å². The van der Waals surface area contributed by atoms with Gasteiger partial charge < -0.3 is 9.80 Å². The van der Waals surface area contributed by atoms with E-state index in [0.717, 1.165) is 43.1 Å². The molecule has 3 heterocycles. The second-order valence-corrected chi connectivity index (χ2v) is 6.43. The molecule has 1 amide bonds. The summed E-state index contributed by atoms with van der Waals surface area (Å²) in [7, 11) is 0. The summed E-state index contributed by atoms with van der Waals surface area (Å²) >= 11 is 0. The Kier molecular flexibility index (Phi) is 4.51. The summed E-state index contributed by atoms with van der Waals surface area (Å²) in [6.45, 7) is 2.99. The number of halogens is 1. The van der Waals surface area contributed by atoms with Crippen LogP contribution in [0.4, 0.5) is 10.2 Å². The number of rotatable bonds is 3. The van der Waals surface area contributed by atoms with E-state index in [9.17, 15) is 9.18 Å². The minimum atomic E-state index is -0.283. The molecule has 1 fully saturated rings. The molecule has 1 aliphatic rings. The van der Waals surface area contributed by atoms with Crippen molar-refractivity contribution in [3.05, 3.63) is 60.2 Å².